The summed E-state index contributed by atoms with van der Waals surface area (Å²) in [6.45, 7) is 6.96. The van der Waals surface area contributed by atoms with Crippen LogP contribution in [0.5, 0.6) is 0 Å². The maximum Gasteiger partial charge on any atom is 0.238 e. The van der Waals surface area contributed by atoms with E-state index in [0.717, 1.165) is 30.0 Å². The molecule has 0 fully saturated rings. The quantitative estimate of drug-likeness (QED) is 0.590. The Bertz CT molecular complexity index is 837. The zero-order chi connectivity index (χ0) is 17.9. The van der Waals surface area contributed by atoms with Crippen molar-refractivity contribution in [3.05, 3.63) is 47.3 Å². The fourth-order valence-electron chi connectivity index (χ4n) is 2.70. The highest BCUT2D eigenvalue weighted by molar-refractivity contribution is 7.89. The van der Waals surface area contributed by atoms with Gasteiger partial charge in [0, 0.05) is 22.6 Å². The molecule has 0 aliphatic carbocycles. The van der Waals surface area contributed by atoms with Crippen LogP contribution in [-0.4, -0.2) is 31.9 Å². The molecule has 0 radical (unpaired) electrons. The largest absolute Gasteiger partial charge is 0.318 e. The van der Waals surface area contributed by atoms with E-state index in [1.54, 1.807) is 12.1 Å². The number of nitrogens with zero attached hydrogens (tertiary/aromatic N) is 1. The molecule has 0 spiro atoms. The molecule has 2 rings (SSSR count). The van der Waals surface area contributed by atoms with Crippen LogP contribution in [0.2, 0.25) is 0 Å². The lowest BCUT2D eigenvalue weighted by Crippen LogP contribution is -2.24. The Morgan fingerprint density at radius 1 is 1.21 bits per heavy atom. The number of hydrogen-bond donors (Lipinski definition) is 2. The molecule has 0 bridgehead atoms. The fraction of sp³-hybridized carbons (Fsp3) is 0.353. The SMILES string of the molecule is CCCNCC(=O)c1cc(C)n(-c2ccc(S(N)(=O)=O)cc2)c1C. The number of hydrogen-bond acceptors (Lipinski definition) is 4. The summed E-state index contributed by atoms with van der Waals surface area (Å²) in [7, 11) is -3.71. The molecule has 2 aromatic rings. The molecule has 0 unspecified atom stereocenters. The predicted molar refractivity (Wildman–Crippen MR) is 94.1 cm³/mol. The van der Waals surface area contributed by atoms with E-state index in [1.165, 1.54) is 12.1 Å². The molecule has 0 aliphatic rings. The number of benzene rings is 1. The molecule has 0 aliphatic heterocycles. The molecule has 1 aromatic heterocycles. The third-order valence-corrected chi connectivity index (χ3v) is 4.80. The van der Waals surface area contributed by atoms with Crippen LogP contribution in [0.15, 0.2) is 35.2 Å². The highest BCUT2D eigenvalue weighted by Crippen LogP contribution is 2.22. The van der Waals surface area contributed by atoms with Crippen LogP contribution in [0.3, 0.4) is 0 Å². The van der Waals surface area contributed by atoms with E-state index in [2.05, 4.69) is 12.2 Å². The number of nitrogens with two attached hydrogens (primary N) is 1. The van der Waals surface area contributed by atoms with Gasteiger partial charge < -0.3 is 9.88 Å². The Kier molecular flexibility index (Phi) is 5.58. The summed E-state index contributed by atoms with van der Waals surface area (Å²) < 4.78 is 24.6. The Morgan fingerprint density at radius 3 is 2.38 bits per heavy atom. The van der Waals surface area contributed by atoms with Gasteiger partial charge in [-0.05, 0) is 57.1 Å². The molecule has 3 N–H and O–H groups in total. The minimum Gasteiger partial charge on any atom is -0.318 e. The summed E-state index contributed by atoms with van der Waals surface area (Å²) in [6.07, 6.45) is 0.975. The van der Waals surface area contributed by atoms with E-state index in [0.29, 0.717) is 12.1 Å². The first-order valence-electron chi connectivity index (χ1n) is 7.81. The number of aryl methyl sites for hydroxylation is 1. The van der Waals surface area contributed by atoms with Gasteiger partial charge in [0.2, 0.25) is 10.0 Å². The van der Waals surface area contributed by atoms with Gasteiger partial charge >= 0.3 is 0 Å². The van der Waals surface area contributed by atoms with E-state index in [4.69, 9.17) is 5.14 Å². The van der Waals surface area contributed by atoms with Crippen molar-refractivity contribution in [3.8, 4) is 5.69 Å². The number of rotatable bonds is 7. The lowest BCUT2D eigenvalue weighted by atomic mass is 10.1. The summed E-state index contributed by atoms with van der Waals surface area (Å²) >= 11 is 0. The average molecular weight is 349 g/mol. The van der Waals surface area contributed by atoms with Gasteiger partial charge in [-0.1, -0.05) is 6.92 Å². The number of sulfonamides is 1. The van der Waals surface area contributed by atoms with Crippen LogP contribution in [0.4, 0.5) is 0 Å². The second-order valence-electron chi connectivity index (χ2n) is 5.76. The van der Waals surface area contributed by atoms with Gasteiger partial charge in [0.1, 0.15) is 0 Å². The second kappa shape index (κ2) is 7.29. The third kappa shape index (κ3) is 3.92. The first-order chi connectivity index (χ1) is 11.3. The van der Waals surface area contributed by atoms with Crippen LogP contribution in [-0.2, 0) is 10.0 Å². The van der Waals surface area contributed by atoms with E-state index >= 15 is 0 Å². The number of carbonyl (C=O) groups excluding carboxylic acids is 1. The zero-order valence-corrected chi connectivity index (χ0v) is 15.0. The molecule has 0 atom stereocenters. The molecule has 0 saturated carbocycles. The number of ketones is 1. The van der Waals surface area contributed by atoms with E-state index in [1.807, 2.05) is 24.5 Å². The summed E-state index contributed by atoms with van der Waals surface area (Å²) in [6, 6.07) is 8.16. The average Bonchev–Trinajstić information content (AvgIpc) is 2.81. The van der Waals surface area contributed by atoms with Crippen molar-refractivity contribution >= 4 is 15.8 Å². The summed E-state index contributed by atoms with van der Waals surface area (Å²) in [5.41, 5.74) is 3.21. The molecule has 0 amide bonds. The highest BCUT2D eigenvalue weighted by atomic mass is 32.2. The molecule has 6 nitrogen and oxygen atoms in total. The molecule has 1 aromatic carbocycles. The third-order valence-electron chi connectivity index (χ3n) is 3.87. The molecular formula is C17H23N3O3S. The number of nitrogens with one attached hydrogen (secondary N) is 1. The standard InChI is InChI=1S/C17H23N3O3S/c1-4-9-19-11-17(21)16-10-12(2)20(13(16)3)14-5-7-15(8-6-14)24(18,22)23/h5-8,10,19H,4,9,11H2,1-3H3,(H2,18,22,23). The van der Waals surface area contributed by atoms with Crippen molar-refractivity contribution in [2.45, 2.75) is 32.1 Å². The van der Waals surface area contributed by atoms with Crippen LogP contribution in [0.1, 0.15) is 35.1 Å². The normalized spacial score (nSPS) is 11.7. The summed E-state index contributed by atoms with van der Waals surface area (Å²) in [5.74, 6) is 0.0453. The van der Waals surface area contributed by atoms with Gasteiger partial charge in [0.15, 0.2) is 5.78 Å². The smallest absolute Gasteiger partial charge is 0.238 e. The minimum absolute atomic E-state index is 0.0453. The number of carbonyl (C=O) groups is 1. The van der Waals surface area contributed by atoms with Crippen molar-refractivity contribution in [3.63, 3.8) is 0 Å². The first-order valence-corrected chi connectivity index (χ1v) is 9.36. The van der Waals surface area contributed by atoms with Crippen LogP contribution >= 0.6 is 0 Å². The summed E-state index contributed by atoms with van der Waals surface area (Å²) in [4.78, 5) is 12.4. The molecule has 24 heavy (non-hydrogen) atoms. The van der Waals surface area contributed by atoms with Crippen molar-refractivity contribution in [2.75, 3.05) is 13.1 Å². The van der Waals surface area contributed by atoms with Crippen molar-refractivity contribution < 1.29 is 13.2 Å². The predicted octanol–water partition coefficient (Wildman–Crippen LogP) is 1.92. The molecule has 1 heterocycles. The van der Waals surface area contributed by atoms with Crippen LogP contribution in [0.25, 0.3) is 5.69 Å². The number of primary sulfonamides is 1. The number of Topliss-reactive ketones (excluding diaryl/α,β-unsaturated/α-hetero) is 1. The van der Waals surface area contributed by atoms with Crippen molar-refractivity contribution in [2.24, 2.45) is 5.14 Å². The zero-order valence-electron chi connectivity index (χ0n) is 14.2. The molecule has 0 saturated heterocycles. The monoisotopic (exact) mass is 349 g/mol. The van der Waals surface area contributed by atoms with Crippen molar-refractivity contribution in [1.82, 2.24) is 9.88 Å². The lowest BCUT2D eigenvalue weighted by molar-refractivity contribution is 0.0991. The van der Waals surface area contributed by atoms with Gasteiger partial charge in [-0.3, -0.25) is 4.79 Å². The van der Waals surface area contributed by atoms with E-state index in [-0.39, 0.29) is 10.7 Å². The van der Waals surface area contributed by atoms with Gasteiger partial charge in [-0.15, -0.1) is 0 Å². The summed E-state index contributed by atoms with van der Waals surface area (Å²) in [5, 5.41) is 8.23. The topological polar surface area (TPSA) is 94.2 Å². The highest BCUT2D eigenvalue weighted by Gasteiger charge is 2.17. The Morgan fingerprint density at radius 2 is 1.83 bits per heavy atom. The maximum absolute atomic E-state index is 12.4. The van der Waals surface area contributed by atoms with E-state index in [9.17, 15) is 13.2 Å². The van der Waals surface area contributed by atoms with Gasteiger partial charge in [0.25, 0.3) is 0 Å². The Balaban J connectivity index is 2.33. The van der Waals surface area contributed by atoms with Crippen LogP contribution < -0.4 is 10.5 Å². The van der Waals surface area contributed by atoms with Gasteiger partial charge in [-0.2, -0.15) is 0 Å². The van der Waals surface area contributed by atoms with Gasteiger partial charge in [0.05, 0.1) is 11.4 Å². The van der Waals surface area contributed by atoms with Crippen LogP contribution in [0, 0.1) is 13.8 Å². The Labute approximate surface area is 142 Å². The Hall–Kier alpha value is -1.96. The second-order valence-corrected chi connectivity index (χ2v) is 7.32. The molecule has 7 heteroatoms. The lowest BCUT2D eigenvalue weighted by Gasteiger charge is -2.10. The number of aromatic nitrogens is 1. The first kappa shape index (κ1) is 18.4. The molecule has 130 valence electrons. The van der Waals surface area contributed by atoms with Crippen molar-refractivity contribution in [1.29, 1.82) is 0 Å². The van der Waals surface area contributed by atoms with Gasteiger partial charge in [-0.25, -0.2) is 13.6 Å². The van der Waals surface area contributed by atoms with E-state index < -0.39 is 10.0 Å². The maximum atomic E-state index is 12.4. The molecular weight excluding hydrogens is 326 g/mol. The minimum atomic E-state index is -3.71. The fourth-order valence-corrected chi connectivity index (χ4v) is 3.22.